The molecule has 28 heavy (non-hydrogen) atoms. The molecular weight excluding hydrogens is 368 g/mol. The Hall–Kier alpha value is -2.64. The zero-order valence-electron chi connectivity index (χ0n) is 16.7. The highest BCUT2D eigenvalue weighted by atomic mass is 32.1. The van der Waals surface area contributed by atoms with E-state index in [1.165, 1.54) is 16.0 Å². The molecule has 0 aliphatic rings. The molecular formula is C21H28N6S. The maximum atomic E-state index is 4.38. The second-order valence-corrected chi connectivity index (χ2v) is 7.75. The lowest BCUT2D eigenvalue weighted by atomic mass is 10.1. The van der Waals surface area contributed by atoms with E-state index in [-0.39, 0.29) is 0 Å². The summed E-state index contributed by atoms with van der Waals surface area (Å²) in [5.41, 5.74) is 2.49. The van der Waals surface area contributed by atoms with Gasteiger partial charge in [0.2, 0.25) is 0 Å². The van der Waals surface area contributed by atoms with Crippen molar-refractivity contribution >= 4 is 17.3 Å². The van der Waals surface area contributed by atoms with Gasteiger partial charge in [-0.05, 0) is 42.7 Å². The van der Waals surface area contributed by atoms with Gasteiger partial charge in [0, 0.05) is 37.4 Å². The lowest BCUT2D eigenvalue weighted by molar-refractivity contribution is 0.302. The first kappa shape index (κ1) is 20.1. The fourth-order valence-electron chi connectivity index (χ4n) is 3.06. The maximum absolute atomic E-state index is 4.38. The van der Waals surface area contributed by atoms with Crippen molar-refractivity contribution in [3.8, 4) is 0 Å². The topological polar surface area (TPSA) is 57.5 Å². The molecule has 1 atom stereocenters. The molecule has 1 aromatic carbocycles. The van der Waals surface area contributed by atoms with Crippen molar-refractivity contribution in [2.75, 3.05) is 27.7 Å². The van der Waals surface area contributed by atoms with E-state index in [1.807, 2.05) is 16.9 Å². The number of nitrogens with one attached hydrogen (secondary N) is 2. The monoisotopic (exact) mass is 396 g/mol. The van der Waals surface area contributed by atoms with Crippen LogP contribution in [0.25, 0.3) is 0 Å². The lowest BCUT2D eigenvalue weighted by Crippen LogP contribution is -2.41. The molecule has 2 aromatic heterocycles. The highest BCUT2D eigenvalue weighted by molar-refractivity contribution is 7.10. The van der Waals surface area contributed by atoms with Gasteiger partial charge in [-0.1, -0.05) is 30.3 Å². The Bertz CT molecular complexity index is 855. The average Bonchev–Trinajstić information content (AvgIpc) is 3.39. The zero-order chi connectivity index (χ0) is 19.8. The fraction of sp³-hybridized carbons (Fsp3) is 0.333. The van der Waals surface area contributed by atoms with Gasteiger partial charge in [-0.3, -0.25) is 9.67 Å². The van der Waals surface area contributed by atoms with Crippen molar-refractivity contribution in [2.24, 2.45) is 4.99 Å². The normalized spacial score (nSPS) is 12.9. The van der Waals surface area contributed by atoms with Gasteiger partial charge in [-0.15, -0.1) is 11.3 Å². The summed E-state index contributed by atoms with van der Waals surface area (Å²) in [6.07, 6.45) is 3.79. The van der Waals surface area contributed by atoms with E-state index in [1.54, 1.807) is 24.6 Å². The van der Waals surface area contributed by atoms with Gasteiger partial charge >= 0.3 is 0 Å². The SMILES string of the molecule is CN=C(NCc1ccccc1Cn1cccn1)NCC(c1cccs1)N(C)C. The van der Waals surface area contributed by atoms with E-state index < -0.39 is 0 Å². The number of benzene rings is 1. The maximum Gasteiger partial charge on any atom is 0.191 e. The smallest absolute Gasteiger partial charge is 0.191 e. The summed E-state index contributed by atoms with van der Waals surface area (Å²) in [7, 11) is 6.02. The zero-order valence-corrected chi connectivity index (χ0v) is 17.5. The Kier molecular flexibility index (Phi) is 7.22. The Morgan fingerprint density at radius 2 is 1.96 bits per heavy atom. The van der Waals surface area contributed by atoms with Gasteiger partial charge in [0.1, 0.15) is 0 Å². The van der Waals surface area contributed by atoms with E-state index in [9.17, 15) is 0 Å². The van der Waals surface area contributed by atoms with Crippen LogP contribution < -0.4 is 10.6 Å². The number of hydrogen-bond donors (Lipinski definition) is 2. The Balaban J connectivity index is 1.59. The minimum atomic E-state index is 0.311. The van der Waals surface area contributed by atoms with Crippen molar-refractivity contribution in [3.63, 3.8) is 0 Å². The largest absolute Gasteiger partial charge is 0.354 e. The van der Waals surface area contributed by atoms with Crippen LogP contribution in [0.3, 0.4) is 0 Å². The summed E-state index contributed by atoms with van der Waals surface area (Å²) >= 11 is 1.78. The van der Waals surface area contributed by atoms with Crippen LogP contribution in [0.1, 0.15) is 22.0 Å². The first-order valence-corrected chi connectivity index (χ1v) is 10.2. The van der Waals surface area contributed by atoms with Crippen LogP contribution in [0.4, 0.5) is 0 Å². The van der Waals surface area contributed by atoms with Crippen LogP contribution in [0, 0.1) is 0 Å². The molecule has 0 amide bonds. The number of nitrogens with zero attached hydrogens (tertiary/aromatic N) is 4. The predicted molar refractivity (Wildman–Crippen MR) is 117 cm³/mol. The number of aromatic nitrogens is 2. The Morgan fingerprint density at radius 3 is 2.61 bits per heavy atom. The molecule has 2 heterocycles. The molecule has 0 bridgehead atoms. The molecule has 1 unspecified atom stereocenters. The Morgan fingerprint density at radius 1 is 1.14 bits per heavy atom. The van der Waals surface area contributed by atoms with E-state index in [4.69, 9.17) is 0 Å². The van der Waals surface area contributed by atoms with Gasteiger partial charge in [0.05, 0.1) is 12.6 Å². The van der Waals surface area contributed by atoms with E-state index in [0.717, 1.165) is 19.0 Å². The summed E-state index contributed by atoms with van der Waals surface area (Å²) in [5.74, 6) is 0.803. The fourth-order valence-corrected chi connectivity index (χ4v) is 3.99. The molecule has 0 saturated heterocycles. The number of guanidine groups is 1. The summed E-state index contributed by atoms with van der Waals surface area (Å²) in [6, 6.07) is 15.0. The third-order valence-electron chi connectivity index (χ3n) is 4.64. The first-order valence-electron chi connectivity index (χ1n) is 9.36. The molecule has 0 spiro atoms. The van der Waals surface area contributed by atoms with Crippen molar-refractivity contribution in [1.82, 2.24) is 25.3 Å². The van der Waals surface area contributed by atoms with Gasteiger partial charge in [-0.2, -0.15) is 5.10 Å². The predicted octanol–water partition coefficient (Wildman–Crippen LogP) is 2.96. The van der Waals surface area contributed by atoms with Gasteiger partial charge in [0.15, 0.2) is 5.96 Å². The number of likely N-dealkylation sites (N-methyl/N-ethyl adjacent to an activating group) is 1. The molecule has 0 aliphatic heterocycles. The quantitative estimate of drug-likeness (QED) is 0.454. The standard InChI is InChI=1S/C21H28N6S/c1-22-21(24-15-19(26(2)3)20-10-6-13-28-20)23-14-17-8-4-5-9-18(17)16-27-12-7-11-25-27/h4-13,19H,14-16H2,1-3H3,(H2,22,23,24). The Labute approximate surface area is 170 Å². The number of rotatable bonds is 8. The van der Waals surface area contributed by atoms with E-state index in [2.05, 4.69) is 81.5 Å². The minimum Gasteiger partial charge on any atom is -0.354 e. The van der Waals surface area contributed by atoms with Crippen LogP contribution in [-0.2, 0) is 13.1 Å². The molecule has 6 nitrogen and oxygen atoms in total. The molecule has 0 saturated carbocycles. The number of aliphatic imine (C=N–C) groups is 1. The van der Waals surface area contributed by atoms with Crippen molar-refractivity contribution < 1.29 is 0 Å². The second-order valence-electron chi connectivity index (χ2n) is 6.77. The molecule has 7 heteroatoms. The third-order valence-corrected chi connectivity index (χ3v) is 5.61. The van der Waals surface area contributed by atoms with Crippen molar-refractivity contribution in [3.05, 3.63) is 76.2 Å². The summed E-state index contributed by atoms with van der Waals surface area (Å²) in [6.45, 7) is 2.27. The molecule has 0 radical (unpaired) electrons. The molecule has 0 aliphatic carbocycles. The summed E-state index contributed by atoms with van der Waals surface area (Å²) in [4.78, 5) is 7.96. The van der Waals surface area contributed by atoms with Crippen LogP contribution >= 0.6 is 11.3 Å². The van der Waals surface area contributed by atoms with Crippen LogP contribution in [0.5, 0.6) is 0 Å². The highest BCUT2D eigenvalue weighted by Gasteiger charge is 2.15. The average molecular weight is 397 g/mol. The van der Waals surface area contributed by atoms with E-state index in [0.29, 0.717) is 12.6 Å². The van der Waals surface area contributed by atoms with Gasteiger partial charge in [-0.25, -0.2) is 0 Å². The number of hydrogen-bond acceptors (Lipinski definition) is 4. The van der Waals surface area contributed by atoms with Crippen LogP contribution in [-0.4, -0.2) is 48.3 Å². The number of thiophene rings is 1. The first-order chi connectivity index (χ1) is 13.7. The van der Waals surface area contributed by atoms with Gasteiger partial charge in [0.25, 0.3) is 0 Å². The second kappa shape index (κ2) is 10.1. The van der Waals surface area contributed by atoms with Crippen molar-refractivity contribution in [1.29, 1.82) is 0 Å². The summed E-state index contributed by atoms with van der Waals surface area (Å²) < 4.78 is 1.94. The van der Waals surface area contributed by atoms with Crippen molar-refractivity contribution in [2.45, 2.75) is 19.1 Å². The molecule has 3 aromatic rings. The van der Waals surface area contributed by atoms with Crippen LogP contribution in [0.15, 0.2) is 65.2 Å². The molecule has 3 rings (SSSR count). The highest BCUT2D eigenvalue weighted by Crippen LogP contribution is 2.22. The minimum absolute atomic E-state index is 0.311. The molecule has 2 N–H and O–H groups in total. The molecule has 0 fully saturated rings. The van der Waals surface area contributed by atoms with Gasteiger partial charge < -0.3 is 15.5 Å². The molecule has 148 valence electrons. The third kappa shape index (κ3) is 5.43. The van der Waals surface area contributed by atoms with Crippen LogP contribution in [0.2, 0.25) is 0 Å². The van der Waals surface area contributed by atoms with E-state index >= 15 is 0 Å². The summed E-state index contributed by atoms with van der Waals surface area (Å²) in [5, 5.41) is 13.3. The lowest BCUT2D eigenvalue weighted by Gasteiger charge is -2.24.